The molecule has 1 saturated carbocycles. The van der Waals surface area contributed by atoms with E-state index in [0.717, 1.165) is 81.5 Å². The molecule has 2 aromatic heterocycles. The molecule has 3 aliphatic rings. The van der Waals surface area contributed by atoms with Crippen molar-refractivity contribution in [3.8, 4) is 11.5 Å². The van der Waals surface area contributed by atoms with Gasteiger partial charge in [0.15, 0.2) is 5.75 Å². The van der Waals surface area contributed by atoms with Crippen LogP contribution in [0, 0.1) is 5.92 Å². The Morgan fingerprint density at radius 3 is 2.69 bits per heavy atom. The third-order valence-corrected chi connectivity index (χ3v) is 7.37. The number of nitrogens with zero attached hydrogens (tertiary/aromatic N) is 4. The Kier molecular flexibility index (Phi) is 8.06. The summed E-state index contributed by atoms with van der Waals surface area (Å²) in [5.74, 6) is 2.63. The Balaban J connectivity index is 1.17. The maximum absolute atomic E-state index is 11.9. The molecule has 0 aromatic carbocycles. The number of hydrogen-bond donors (Lipinski definition) is 1. The molecule has 1 aliphatic carbocycles. The molecule has 0 spiro atoms. The minimum Gasteiger partial charge on any atom is -0.466 e. The fraction of sp³-hybridized carbons (Fsp3) is 0.667. The normalized spacial score (nSPS) is 20.7. The number of piperidine rings is 1. The monoisotopic (exact) mass is 497 g/mol. The Bertz CT molecular complexity index is 1010. The van der Waals surface area contributed by atoms with Crippen molar-refractivity contribution in [3.63, 3.8) is 0 Å². The summed E-state index contributed by atoms with van der Waals surface area (Å²) >= 11 is 0. The standard InChI is InChI=1S/C27H39N5O4/c1-3-35-27(33)19(2)17-31-12-7-21(8-13-31)29-25-16-23(6-11-28-25)36-24-18-32(22-4-5-22)30-26(24)20-9-14-34-15-10-20/h6,11,16,18-22H,3-5,7-10,12-15,17H2,1-2H3,(H,28,29). The lowest BCUT2D eigenvalue weighted by atomic mass is 9.96. The third kappa shape index (κ3) is 6.37. The molecule has 2 aliphatic heterocycles. The first-order chi connectivity index (χ1) is 17.6. The fourth-order valence-electron chi connectivity index (χ4n) is 5.14. The molecule has 5 rings (SSSR count). The highest BCUT2D eigenvalue weighted by Crippen LogP contribution is 2.40. The minimum absolute atomic E-state index is 0.0970. The first kappa shape index (κ1) is 25.0. The van der Waals surface area contributed by atoms with Crippen LogP contribution in [0.25, 0.3) is 0 Å². The molecule has 9 heteroatoms. The molecule has 9 nitrogen and oxygen atoms in total. The SMILES string of the molecule is CCOC(=O)C(C)CN1CCC(Nc2cc(Oc3cn(C4CC4)nc3C3CCOCC3)ccn2)CC1. The summed E-state index contributed by atoms with van der Waals surface area (Å²) in [6.45, 7) is 8.44. The van der Waals surface area contributed by atoms with Crippen molar-refractivity contribution in [1.82, 2.24) is 19.7 Å². The van der Waals surface area contributed by atoms with Crippen LogP contribution in [0.4, 0.5) is 5.82 Å². The number of ether oxygens (including phenoxy) is 3. The van der Waals surface area contributed by atoms with Gasteiger partial charge in [0.25, 0.3) is 0 Å². The summed E-state index contributed by atoms with van der Waals surface area (Å²) in [7, 11) is 0. The molecule has 2 aromatic rings. The van der Waals surface area contributed by atoms with E-state index in [0.29, 0.717) is 24.6 Å². The molecule has 1 unspecified atom stereocenters. The number of likely N-dealkylation sites (tertiary alicyclic amines) is 1. The average molecular weight is 498 g/mol. The van der Waals surface area contributed by atoms with Crippen LogP contribution in [0.2, 0.25) is 0 Å². The lowest BCUT2D eigenvalue weighted by Gasteiger charge is -2.33. The summed E-state index contributed by atoms with van der Waals surface area (Å²) in [6.07, 6.45) is 10.2. The summed E-state index contributed by atoms with van der Waals surface area (Å²) in [6, 6.07) is 4.75. The van der Waals surface area contributed by atoms with Gasteiger partial charge in [0.05, 0.1) is 24.8 Å². The second-order valence-electron chi connectivity index (χ2n) is 10.3. The molecular weight excluding hydrogens is 458 g/mol. The van der Waals surface area contributed by atoms with Gasteiger partial charge in [-0.05, 0) is 51.5 Å². The Labute approximate surface area is 213 Å². The average Bonchev–Trinajstić information content (AvgIpc) is 3.66. The lowest BCUT2D eigenvalue weighted by Crippen LogP contribution is -2.42. The molecule has 1 atom stereocenters. The van der Waals surface area contributed by atoms with Crippen LogP contribution in [0.15, 0.2) is 24.5 Å². The quantitative estimate of drug-likeness (QED) is 0.484. The zero-order valence-corrected chi connectivity index (χ0v) is 21.5. The first-order valence-electron chi connectivity index (χ1n) is 13.5. The van der Waals surface area contributed by atoms with E-state index in [9.17, 15) is 4.79 Å². The highest BCUT2D eigenvalue weighted by Gasteiger charge is 2.30. The zero-order chi connectivity index (χ0) is 24.9. The van der Waals surface area contributed by atoms with Crippen molar-refractivity contribution >= 4 is 11.8 Å². The Hall–Kier alpha value is -2.65. The highest BCUT2D eigenvalue weighted by molar-refractivity contribution is 5.72. The van der Waals surface area contributed by atoms with E-state index in [4.69, 9.17) is 19.3 Å². The maximum Gasteiger partial charge on any atom is 0.309 e. The van der Waals surface area contributed by atoms with Crippen LogP contribution >= 0.6 is 0 Å². The van der Waals surface area contributed by atoms with Crippen LogP contribution in [-0.4, -0.2) is 71.1 Å². The van der Waals surface area contributed by atoms with Gasteiger partial charge < -0.3 is 24.4 Å². The molecule has 0 radical (unpaired) electrons. The van der Waals surface area contributed by atoms with Gasteiger partial charge in [0, 0.05) is 57.1 Å². The number of rotatable bonds is 10. The van der Waals surface area contributed by atoms with Crippen molar-refractivity contribution in [2.24, 2.45) is 5.92 Å². The topological polar surface area (TPSA) is 90.7 Å². The number of anilines is 1. The van der Waals surface area contributed by atoms with Crippen molar-refractivity contribution in [1.29, 1.82) is 0 Å². The van der Waals surface area contributed by atoms with E-state index in [-0.39, 0.29) is 11.9 Å². The maximum atomic E-state index is 11.9. The summed E-state index contributed by atoms with van der Waals surface area (Å²) in [4.78, 5) is 18.8. The molecule has 0 amide bonds. The van der Waals surface area contributed by atoms with Gasteiger partial charge in [-0.3, -0.25) is 9.48 Å². The lowest BCUT2D eigenvalue weighted by molar-refractivity contribution is -0.148. The number of hydrogen-bond acceptors (Lipinski definition) is 8. The molecule has 0 bridgehead atoms. The van der Waals surface area contributed by atoms with Gasteiger partial charge in [-0.25, -0.2) is 4.98 Å². The van der Waals surface area contributed by atoms with Crippen molar-refractivity contribution in [2.45, 2.75) is 70.4 Å². The van der Waals surface area contributed by atoms with E-state index in [2.05, 4.69) is 26.1 Å². The van der Waals surface area contributed by atoms with Crippen LogP contribution < -0.4 is 10.1 Å². The fourth-order valence-corrected chi connectivity index (χ4v) is 5.14. The summed E-state index contributed by atoms with van der Waals surface area (Å²) < 4.78 is 19.2. The number of aromatic nitrogens is 3. The van der Waals surface area contributed by atoms with E-state index < -0.39 is 0 Å². The molecule has 2 saturated heterocycles. The molecule has 3 fully saturated rings. The van der Waals surface area contributed by atoms with Crippen molar-refractivity contribution in [2.75, 3.05) is 44.8 Å². The zero-order valence-electron chi connectivity index (χ0n) is 21.5. The summed E-state index contributed by atoms with van der Waals surface area (Å²) in [5.41, 5.74) is 1.06. The second kappa shape index (κ2) is 11.6. The van der Waals surface area contributed by atoms with Gasteiger partial charge in [-0.15, -0.1) is 0 Å². The minimum atomic E-state index is -0.110. The summed E-state index contributed by atoms with van der Waals surface area (Å²) in [5, 5.41) is 8.52. The van der Waals surface area contributed by atoms with Crippen LogP contribution in [0.1, 0.15) is 70.0 Å². The number of pyridine rings is 1. The number of carbonyl (C=O) groups excluding carboxylic acids is 1. The highest BCUT2D eigenvalue weighted by atomic mass is 16.5. The van der Waals surface area contributed by atoms with Gasteiger partial charge in [-0.1, -0.05) is 6.92 Å². The van der Waals surface area contributed by atoms with E-state index in [1.807, 2.05) is 26.0 Å². The predicted octanol–water partition coefficient (Wildman–Crippen LogP) is 4.37. The second-order valence-corrected chi connectivity index (χ2v) is 10.3. The Morgan fingerprint density at radius 1 is 1.19 bits per heavy atom. The van der Waals surface area contributed by atoms with Gasteiger partial charge in [-0.2, -0.15) is 5.10 Å². The molecule has 196 valence electrons. The smallest absolute Gasteiger partial charge is 0.309 e. The number of esters is 1. The largest absolute Gasteiger partial charge is 0.466 e. The van der Waals surface area contributed by atoms with Gasteiger partial charge in [0.1, 0.15) is 17.3 Å². The molecular formula is C27H39N5O4. The van der Waals surface area contributed by atoms with Crippen LogP contribution in [0.5, 0.6) is 11.5 Å². The van der Waals surface area contributed by atoms with Crippen LogP contribution in [0.3, 0.4) is 0 Å². The predicted molar refractivity (Wildman–Crippen MR) is 136 cm³/mol. The van der Waals surface area contributed by atoms with Crippen molar-refractivity contribution < 1.29 is 19.0 Å². The Morgan fingerprint density at radius 2 is 1.97 bits per heavy atom. The number of carbonyl (C=O) groups is 1. The number of nitrogens with one attached hydrogen (secondary N) is 1. The molecule has 36 heavy (non-hydrogen) atoms. The van der Waals surface area contributed by atoms with Gasteiger partial charge >= 0.3 is 5.97 Å². The van der Waals surface area contributed by atoms with E-state index in [1.54, 1.807) is 6.20 Å². The third-order valence-electron chi connectivity index (χ3n) is 7.37. The first-order valence-corrected chi connectivity index (χ1v) is 13.5. The van der Waals surface area contributed by atoms with E-state index >= 15 is 0 Å². The molecule has 4 heterocycles. The molecule has 1 N–H and O–H groups in total. The van der Waals surface area contributed by atoms with Gasteiger partial charge in [0.2, 0.25) is 0 Å². The van der Waals surface area contributed by atoms with E-state index in [1.165, 1.54) is 12.8 Å². The van der Waals surface area contributed by atoms with Crippen molar-refractivity contribution in [3.05, 3.63) is 30.2 Å². The van der Waals surface area contributed by atoms with Crippen LogP contribution in [-0.2, 0) is 14.3 Å².